The SMILES string of the molecule is C#CCCN(C)C(C)CC.O=C(O)C(=O)O. The fourth-order valence-corrected chi connectivity index (χ4v) is 0.773. The molecule has 1 unspecified atom stereocenters. The van der Waals surface area contributed by atoms with Gasteiger partial charge in [-0.3, -0.25) is 0 Å². The fourth-order valence-electron chi connectivity index (χ4n) is 0.773. The van der Waals surface area contributed by atoms with Gasteiger partial charge in [0.05, 0.1) is 0 Å². The van der Waals surface area contributed by atoms with Crippen molar-refractivity contribution in [2.45, 2.75) is 32.7 Å². The van der Waals surface area contributed by atoms with Crippen LogP contribution in [-0.4, -0.2) is 46.7 Å². The summed E-state index contributed by atoms with van der Waals surface area (Å²) in [4.78, 5) is 20.5. The Bertz CT molecular complexity index is 245. The molecule has 2 N–H and O–H groups in total. The summed E-state index contributed by atoms with van der Waals surface area (Å²) in [5, 5.41) is 14.8. The summed E-state index contributed by atoms with van der Waals surface area (Å²) in [7, 11) is 2.12. The molecule has 0 aliphatic carbocycles. The molecule has 0 fully saturated rings. The van der Waals surface area contributed by atoms with Crippen LogP contribution in [0.2, 0.25) is 0 Å². The van der Waals surface area contributed by atoms with Gasteiger partial charge in [0.2, 0.25) is 0 Å². The zero-order valence-electron chi connectivity index (χ0n) is 9.93. The number of rotatable bonds is 4. The molecule has 0 aromatic heterocycles. The van der Waals surface area contributed by atoms with Gasteiger partial charge in [0.25, 0.3) is 0 Å². The van der Waals surface area contributed by atoms with Crippen molar-refractivity contribution in [3.63, 3.8) is 0 Å². The van der Waals surface area contributed by atoms with E-state index >= 15 is 0 Å². The van der Waals surface area contributed by atoms with Gasteiger partial charge in [0, 0.05) is 19.0 Å². The number of carboxylic acids is 2. The van der Waals surface area contributed by atoms with Crippen LogP contribution in [0.1, 0.15) is 26.7 Å². The summed E-state index contributed by atoms with van der Waals surface area (Å²) in [6, 6.07) is 0.661. The highest BCUT2D eigenvalue weighted by Crippen LogP contribution is 1.99. The number of aliphatic carboxylic acids is 2. The molecule has 0 amide bonds. The first-order valence-corrected chi connectivity index (χ1v) is 4.96. The van der Waals surface area contributed by atoms with E-state index in [1.165, 1.54) is 6.42 Å². The first kappa shape index (κ1) is 16.9. The minimum atomic E-state index is -1.82. The molecule has 16 heavy (non-hydrogen) atoms. The Labute approximate surface area is 96.1 Å². The van der Waals surface area contributed by atoms with Crippen LogP contribution in [-0.2, 0) is 9.59 Å². The van der Waals surface area contributed by atoms with Crippen LogP contribution in [0.25, 0.3) is 0 Å². The quantitative estimate of drug-likeness (QED) is 0.553. The van der Waals surface area contributed by atoms with E-state index in [4.69, 9.17) is 26.2 Å². The Hall–Kier alpha value is -1.54. The summed E-state index contributed by atoms with van der Waals surface area (Å²) in [6.45, 7) is 5.43. The van der Waals surface area contributed by atoms with Crippen LogP contribution >= 0.6 is 0 Å². The third kappa shape index (κ3) is 10.5. The predicted octanol–water partition coefficient (Wildman–Crippen LogP) is 0.896. The molecule has 0 radical (unpaired) electrons. The van der Waals surface area contributed by atoms with E-state index in [-0.39, 0.29) is 0 Å². The lowest BCUT2D eigenvalue weighted by atomic mass is 10.2. The van der Waals surface area contributed by atoms with Crippen LogP contribution < -0.4 is 0 Å². The van der Waals surface area contributed by atoms with Crippen LogP contribution in [0, 0.1) is 12.3 Å². The third-order valence-corrected chi connectivity index (χ3v) is 2.14. The molecule has 0 heterocycles. The van der Waals surface area contributed by atoms with Crippen LogP contribution in [0.15, 0.2) is 0 Å². The second-order valence-electron chi connectivity index (χ2n) is 3.30. The van der Waals surface area contributed by atoms with Crippen molar-refractivity contribution in [3.8, 4) is 12.3 Å². The predicted molar refractivity (Wildman–Crippen MR) is 61.1 cm³/mol. The van der Waals surface area contributed by atoms with Crippen LogP contribution in [0.4, 0.5) is 0 Å². The van der Waals surface area contributed by atoms with Gasteiger partial charge >= 0.3 is 11.9 Å². The van der Waals surface area contributed by atoms with Crippen LogP contribution in [0.3, 0.4) is 0 Å². The van der Waals surface area contributed by atoms with Gasteiger partial charge in [0.15, 0.2) is 0 Å². The standard InChI is InChI=1S/C9H17N.C2H2O4/c1-5-7-8-10(4)9(3)6-2;3-1(4)2(5)6/h1,9H,6-8H2,2-4H3;(H,3,4)(H,5,6). The van der Waals surface area contributed by atoms with E-state index in [1.807, 2.05) is 0 Å². The lowest BCUT2D eigenvalue weighted by Gasteiger charge is -2.21. The molecule has 0 saturated heterocycles. The molecule has 5 heteroatoms. The highest BCUT2D eigenvalue weighted by molar-refractivity contribution is 6.27. The molecule has 5 nitrogen and oxygen atoms in total. The Balaban J connectivity index is 0. The first-order chi connectivity index (χ1) is 7.36. The van der Waals surface area contributed by atoms with E-state index in [1.54, 1.807) is 0 Å². The molecule has 0 aromatic carbocycles. The maximum Gasteiger partial charge on any atom is 0.414 e. The fraction of sp³-hybridized carbons (Fsp3) is 0.636. The molecule has 0 bridgehead atoms. The Kier molecular flexibility index (Phi) is 10.5. The van der Waals surface area contributed by atoms with Crippen molar-refractivity contribution < 1.29 is 19.8 Å². The summed E-state index contributed by atoms with van der Waals surface area (Å²) < 4.78 is 0. The zero-order valence-corrected chi connectivity index (χ0v) is 9.93. The molecule has 0 saturated carbocycles. The number of hydrogen-bond donors (Lipinski definition) is 2. The Morgan fingerprint density at radius 3 is 2.06 bits per heavy atom. The van der Waals surface area contributed by atoms with Gasteiger partial charge in [0.1, 0.15) is 0 Å². The van der Waals surface area contributed by atoms with E-state index in [0.29, 0.717) is 6.04 Å². The average molecular weight is 229 g/mol. The molecule has 0 spiro atoms. The molecular weight excluding hydrogens is 210 g/mol. The zero-order chi connectivity index (χ0) is 13.1. The van der Waals surface area contributed by atoms with Crippen molar-refractivity contribution in [2.75, 3.05) is 13.6 Å². The van der Waals surface area contributed by atoms with Crippen molar-refractivity contribution in [3.05, 3.63) is 0 Å². The molecule has 0 rings (SSSR count). The van der Waals surface area contributed by atoms with Gasteiger partial charge in [-0.05, 0) is 20.4 Å². The summed E-state index contributed by atoms with van der Waals surface area (Å²) in [5.41, 5.74) is 0. The molecule has 0 aromatic rings. The number of carboxylic acid groups (broad SMARTS) is 2. The van der Waals surface area contributed by atoms with Gasteiger partial charge in [-0.25, -0.2) is 9.59 Å². The molecule has 0 aliphatic heterocycles. The lowest BCUT2D eigenvalue weighted by molar-refractivity contribution is -0.159. The Morgan fingerprint density at radius 1 is 1.38 bits per heavy atom. The van der Waals surface area contributed by atoms with Gasteiger partial charge < -0.3 is 15.1 Å². The van der Waals surface area contributed by atoms with Crippen molar-refractivity contribution in [2.24, 2.45) is 0 Å². The van der Waals surface area contributed by atoms with Crippen molar-refractivity contribution in [1.29, 1.82) is 0 Å². The highest BCUT2D eigenvalue weighted by Gasteiger charge is 2.04. The lowest BCUT2D eigenvalue weighted by Crippen LogP contribution is -2.29. The highest BCUT2D eigenvalue weighted by atomic mass is 16.4. The third-order valence-electron chi connectivity index (χ3n) is 2.14. The molecule has 1 atom stereocenters. The van der Waals surface area contributed by atoms with Gasteiger partial charge in [-0.1, -0.05) is 6.92 Å². The maximum absolute atomic E-state index is 9.10. The Morgan fingerprint density at radius 2 is 1.81 bits per heavy atom. The number of nitrogens with zero attached hydrogens (tertiary/aromatic N) is 1. The van der Waals surface area contributed by atoms with E-state index in [9.17, 15) is 0 Å². The number of carbonyl (C=O) groups is 2. The van der Waals surface area contributed by atoms with Gasteiger partial charge in [-0.2, -0.15) is 0 Å². The largest absolute Gasteiger partial charge is 0.473 e. The smallest absolute Gasteiger partial charge is 0.414 e. The van der Waals surface area contributed by atoms with Crippen molar-refractivity contribution >= 4 is 11.9 Å². The molecular formula is C11H19NO4. The second kappa shape index (κ2) is 9.99. The van der Waals surface area contributed by atoms with Crippen molar-refractivity contribution in [1.82, 2.24) is 4.90 Å². The van der Waals surface area contributed by atoms with E-state index in [0.717, 1.165) is 13.0 Å². The summed E-state index contributed by atoms with van der Waals surface area (Å²) in [6.07, 6.45) is 7.20. The number of hydrogen-bond acceptors (Lipinski definition) is 3. The monoisotopic (exact) mass is 229 g/mol. The average Bonchev–Trinajstić information content (AvgIpc) is 2.25. The van der Waals surface area contributed by atoms with Crippen LogP contribution in [0.5, 0.6) is 0 Å². The minimum absolute atomic E-state index is 0.661. The van der Waals surface area contributed by atoms with Gasteiger partial charge in [-0.15, -0.1) is 12.3 Å². The topological polar surface area (TPSA) is 77.8 Å². The first-order valence-electron chi connectivity index (χ1n) is 4.96. The molecule has 0 aliphatic rings. The summed E-state index contributed by atoms with van der Waals surface area (Å²) >= 11 is 0. The second-order valence-corrected chi connectivity index (χ2v) is 3.30. The van der Waals surface area contributed by atoms with E-state index in [2.05, 4.69) is 31.7 Å². The summed E-state index contributed by atoms with van der Waals surface area (Å²) in [5.74, 6) is -1.01. The van der Waals surface area contributed by atoms with E-state index < -0.39 is 11.9 Å². The minimum Gasteiger partial charge on any atom is -0.473 e. The maximum atomic E-state index is 9.10. The molecule has 92 valence electrons. The number of terminal acetylenes is 1. The normalized spacial score (nSPS) is 10.9.